The summed E-state index contributed by atoms with van der Waals surface area (Å²) < 4.78 is 0. The Morgan fingerprint density at radius 1 is 1.12 bits per heavy atom. The van der Waals surface area contributed by atoms with Crippen molar-refractivity contribution < 1.29 is 24.9 Å². The molecule has 0 aliphatic heterocycles. The largest absolute Gasteiger partial charge is 0.506 e. The molecule has 2 aromatic carbocycles. The van der Waals surface area contributed by atoms with E-state index in [-0.39, 0.29) is 11.3 Å². The summed E-state index contributed by atoms with van der Waals surface area (Å²) in [6, 6.07) is 10.9. The number of thiophene rings is 1. The fourth-order valence-corrected chi connectivity index (χ4v) is 4.15. The number of carbonyl (C=O) groups is 2. The standard InChI is InChI=1S/C22H18Cl2N2O5S/c1-11(15-10-32-21(20(15)30)14-6-7-16(23)17(24)8-14)25-26-22(31)13-4-2-12(3-5-13)18(27)9-19(28)29/h2-8,10,18,27,30H,9H2,1H3,(H,26,31)(H,28,29). The number of nitrogens with one attached hydrogen (secondary N) is 1. The Bertz CT molecular complexity index is 1190. The van der Waals surface area contributed by atoms with Crippen LogP contribution in [0.5, 0.6) is 5.75 Å². The molecule has 7 nitrogen and oxygen atoms in total. The van der Waals surface area contributed by atoms with Gasteiger partial charge >= 0.3 is 5.97 Å². The molecular weight excluding hydrogens is 475 g/mol. The van der Waals surface area contributed by atoms with E-state index in [0.717, 1.165) is 0 Å². The van der Waals surface area contributed by atoms with Crippen LogP contribution in [-0.4, -0.2) is 32.9 Å². The van der Waals surface area contributed by atoms with Crippen LogP contribution in [0, 0.1) is 0 Å². The number of aliphatic hydroxyl groups is 1. The third-order valence-corrected chi connectivity index (χ3v) is 6.34. The van der Waals surface area contributed by atoms with Gasteiger partial charge in [0.05, 0.1) is 38.7 Å². The quantitative estimate of drug-likeness (QED) is 0.270. The van der Waals surface area contributed by atoms with Crippen molar-refractivity contribution in [1.82, 2.24) is 5.43 Å². The number of aliphatic hydroxyl groups excluding tert-OH is 1. The van der Waals surface area contributed by atoms with E-state index in [9.17, 15) is 19.8 Å². The number of nitrogens with zero attached hydrogens (tertiary/aromatic N) is 1. The van der Waals surface area contributed by atoms with Crippen molar-refractivity contribution in [3.05, 3.63) is 74.6 Å². The lowest BCUT2D eigenvalue weighted by Gasteiger charge is -2.09. The summed E-state index contributed by atoms with van der Waals surface area (Å²) in [7, 11) is 0. The molecule has 0 saturated carbocycles. The van der Waals surface area contributed by atoms with Gasteiger partial charge in [0.25, 0.3) is 5.91 Å². The summed E-state index contributed by atoms with van der Waals surface area (Å²) in [5.41, 5.74) is 4.65. The van der Waals surface area contributed by atoms with Crippen molar-refractivity contribution >= 4 is 52.1 Å². The maximum Gasteiger partial charge on any atom is 0.306 e. The molecule has 1 amide bonds. The molecule has 3 rings (SSSR count). The lowest BCUT2D eigenvalue weighted by atomic mass is 10.0. The molecule has 0 aliphatic rings. The lowest BCUT2D eigenvalue weighted by molar-refractivity contribution is -0.139. The van der Waals surface area contributed by atoms with Gasteiger partial charge in [-0.3, -0.25) is 9.59 Å². The molecular formula is C22H18Cl2N2O5S. The third kappa shape index (κ3) is 5.46. The van der Waals surface area contributed by atoms with E-state index in [0.29, 0.717) is 37.3 Å². The van der Waals surface area contributed by atoms with Crippen molar-refractivity contribution in [3.8, 4) is 16.2 Å². The molecule has 0 bridgehead atoms. The number of aromatic hydroxyl groups is 1. The summed E-state index contributed by atoms with van der Waals surface area (Å²) in [6.07, 6.45) is -1.58. The molecule has 0 spiro atoms. The zero-order valence-electron chi connectivity index (χ0n) is 16.7. The summed E-state index contributed by atoms with van der Waals surface area (Å²) in [6.45, 7) is 1.64. The Labute approximate surface area is 197 Å². The molecule has 0 aliphatic carbocycles. The molecule has 1 atom stereocenters. The zero-order chi connectivity index (χ0) is 23.4. The molecule has 4 N–H and O–H groups in total. The molecule has 1 aromatic heterocycles. The fraction of sp³-hybridized carbons (Fsp3) is 0.136. The highest BCUT2D eigenvalue weighted by Crippen LogP contribution is 2.40. The maximum atomic E-state index is 12.4. The number of halogens is 2. The molecule has 3 aromatic rings. The van der Waals surface area contributed by atoms with Crippen LogP contribution in [0.1, 0.15) is 40.9 Å². The summed E-state index contributed by atoms with van der Waals surface area (Å²) in [4.78, 5) is 23.6. The molecule has 1 heterocycles. The average molecular weight is 493 g/mol. The number of carbonyl (C=O) groups excluding carboxylic acids is 1. The lowest BCUT2D eigenvalue weighted by Crippen LogP contribution is -2.19. The summed E-state index contributed by atoms with van der Waals surface area (Å²) in [5.74, 6) is -1.60. The van der Waals surface area contributed by atoms with Gasteiger partial charge in [0, 0.05) is 10.9 Å². The smallest absolute Gasteiger partial charge is 0.306 e. The van der Waals surface area contributed by atoms with Crippen LogP contribution in [0.3, 0.4) is 0 Å². The molecule has 0 fully saturated rings. The van der Waals surface area contributed by atoms with Crippen LogP contribution in [0.25, 0.3) is 10.4 Å². The highest BCUT2D eigenvalue weighted by Gasteiger charge is 2.16. The Balaban J connectivity index is 1.72. The molecule has 0 saturated heterocycles. The number of carboxylic acids is 1. The minimum atomic E-state index is -1.16. The van der Waals surface area contributed by atoms with Gasteiger partial charge in [-0.1, -0.05) is 41.4 Å². The Hall–Kier alpha value is -2.91. The van der Waals surface area contributed by atoms with E-state index in [1.807, 2.05) is 0 Å². The summed E-state index contributed by atoms with van der Waals surface area (Å²) >= 11 is 13.3. The van der Waals surface area contributed by atoms with E-state index in [1.54, 1.807) is 30.5 Å². The van der Waals surface area contributed by atoms with Crippen LogP contribution in [0.4, 0.5) is 0 Å². The highest BCUT2D eigenvalue weighted by atomic mass is 35.5. The van der Waals surface area contributed by atoms with Crippen LogP contribution in [-0.2, 0) is 4.79 Å². The van der Waals surface area contributed by atoms with E-state index < -0.39 is 24.4 Å². The molecule has 10 heteroatoms. The molecule has 166 valence electrons. The molecule has 1 unspecified atom stereocenters. The van der Waals surface area contributed by atoms with Crippen molar-refractivity contribution in [1.29, 1.82) is 0 Å². The monoisotopic (exact) mass is 492 g/mol. The second-order valence-corrected chi connectivity index (χ2v) is 8.52. The van der Waals surface area contributed by atoms with Crippen LogP contribution in [0.2, 0.25) is 10.0 Å². The third-order valence-electron chi connectivity index (χ3n) is 4.59. The number of amides is 1. The first kappa shape index (κ1) is 23.7. The molecule has 32 heavy (non-hydrogen) atoms. The predicted octanol–water partition coefficient (Wildman–Crippen LogP) is 5.09. The van der Waals surface area contributed by atoms with Gasteiger partial charge < -0.3 is 15.3 Å². The highest BCUT2D eigenvalue weighted by molar-refractivity contribution is 7.14. The van der Waals surface area contributed by atoms with Gasteiger partial charge in [0.1, 0.15) is 5.75 Å². The zero-order valence-corrected chi connectivity index (χ0v) is 19.0. The number of rotatable bonds is 7. The maximum absolute atomic E-state index is 12.4. The number of hydrogen-bond acceptors (Lipinski definition) is 6. The van der Waals surface area contributed by atoms with E-state index >= 15 is 0 Å². The van der Waals surface area contributed by atoms with Gasteiger partial charge in [-0.2, -0.15) is 5.10 Å². The Morgan fingerprint density at radius 3 is 2.44 bits per heavy atom. The van der Waals surface area contributed by atoms with Gasteiger partial charge in [-0.15, -0.1) is 11.3 Å². The SMILES string of the molecule is CC(=NNC(=O)c1ccc(C(O)CC(=O)O)cc1)c1csc(-c2ccc(Cl)c(Cl)c2)c1O. The number of aliphatic carboxylic acids is 1. The number of carboxylic acid groups (broad SMARTS) is 1. The fourth-order valence-electron chi connectivity index (χ4n) is 2.85. The number of hydrogen-bond donors (Lipinski definition) is 4. The van der Waals surface area contributed by atoms with Crippen molar-refractivity contribution in [2.45, 2.75) is 19.4 Å². The van der Waals surface area contributed by atoms with E-state index in [4.69, 9.17) is 28.3 Å². The Morgan fingerprint density at radius 2 is 1.81 bits per heavy atom. The minimum Gasteiger partial charge on any atom is -0.506 e. The van der Waals surface area contributed by atoms with Crippen molar-refractivity contribution in [3.63, 3.8) is 0 Å². The van der Waals surface area contributed by atoms with E-state index in [2.05, 4.69) is 10.5 Å². The topological polar surface area (TPSA) is 119 Å². The van der Waals surface area contributed by atoms with E-state index in [1.165, 1.54) is 35.6 Å². The predicted molar refractivity (Wildman–Crippen MR) is 125 cm³/mol. The first-order valence-corrected chi connectivity index (χ1v) is 10.9. The number of benzene rings is 2. The first-order valence-electron chi connectivity index (χ1n) is 9.28. The van der Waals surface area contributed by atoms with Crippen molar-refractivity contribution in [2.24, 2.45) is 5.10 Å². The second kappa shape index (κ2) is 10.1. The van der Waals surface area contributed by atoms with Crippen molar-refractivity contribution in [2.75, 3.05) is 0 Å². The van der Waals surface area contributed by atoms with Gasteiger partial charge in [-0.05, 0) is 42.3 Å². The van der Waals surface area contributed by atoms with Crippen LogP contribution < -0.4 is 5.43 Å². The number of hydrazone groups is 1. The molecule has 0 radical (unpaired) electrons. The van der Waals surface area contributed by atoms with Crippen LogP contribution >= 0.6 is 34.5 Å². The van der Waals surface area contributed by atoms with Gasteiger partial charge in [0.15, 0.2) is 0 Å². The minimum absolute atomic E-state index is 0.0145. The average Bonchev–Trinajstić information content (AvgIpc) is 3.14. The second-order valence-electron chi connectivity index (χ2n) is 6.83. The van der Waals surface area contributed by atoms with Gasteiger partial charge in [0.2, 0.25) is 0 Å². The van der Waals surface area contributed by atoms with Crippen LogP contribution in [0.15, 0.2) is 52.9 Å². The normalized spacial score (nSPS) is 12.4. The Kier molecular flexibility index (Phi) is 7.52. The van der Waals surface area contributed by atoms with Gasteiger partial charge in [-0.25, -0.2) is 5.43 Å². The first-order chi connectivity index (χ1) is 15.2. The summed E-state index contributed by atoms with van der Waals surface area (Å²) in [5, 5.41) is 35.7.